The number of carbonyl (C=O) groups is 2. The summed E-state index contributed by atoms with van der Waals surface area (Å²) in [6.07, 6.45) is 0.458. The maximum absolute atomic E-state index is 13.4. The van der Waals surface area contributed by atoms with Gasteiger partial charge in [0.1, 0.15) is 18.1 Å². The molecule has 2 aromatic rings. The zero-order valence-electron chi connectivity index (χ0n) is 20.0. The molecule has 3 rings (SSSR count). The number of nitrogens with zero attached hydrogens (tertiary/aromatic N) is 3. The summed E-state index contributed by atoms with van der Waals surface area (Å²) in [5, 5.41) is 8.84. The number of urea groups is 1. The Hall–Kier alpha value is -3.46. The molecule has 0 saturated carbocycles. The molecule has 1 heterocycles. The molecule has 1 atom stereocenters. The lowest BCUT2D eigenvalue weighted by atomic mass is 9.98. The van der Waals surface area contributed by atoms with E-state index in [0.717, 1.165) is 11.1 Å². The number of ether oxygens (including phenoxy) is 2. The fourth-order valence-electron chi connectivity index (χ4n) is 3.67. The molecule has 8 nitrogen and oxygen atoms in total. The van der Waals surface area contributed by atoms with Gasteiger partial charge in [-0.1, -0.05) is 24.3 Å². The van der Waals surface area contributed by atoms with Gasteiger partial charge < -0.3 is 19.7 Å². The van der Waals surface area contributed by atoms with Crippen LogP contribution in [0.5, 0.6) is 5.75 Å². The molecular weight excluding hydrogens is 439 g/mol. The van der Waals surface area contributed by atoms with E-state index in [9.17, 15) is 14.0 Å². The van der Waals surface area contributed by atoms with E-state index in [-0.39, 0.29) is 42.9 Å². The van der Waals surface area contributed by atoms with Crippen molar-refractivity contribution in [2.24, 2.45) is 5.10 Å². The highest BCUT2D eigenvalue weighted by atomic mass is 19.1. The van der Waals surface area contributed by atoms with Crippen LogP contribution in [-0.2, 0) is 9.53 Å². The van der Waals surface area contributed by atoms with Gasteiger partial charge in [0, 0.05) is 26.1 Å². The molecule has 0 fully saturated rings. The molecule has 1 aliphatic rings. The van der Waals surface area contributed by atoms with Crippen LogP contribution in [0, 0.1) is 5.82 Å². The second kappa shape index (κ2) is 11.6. The topological polar surface area (TPSA) is 83.5 Å². The van der Waals surface area contributed by atoms with Crippen molar-refractivity contribution in [2.75, 3.05) is 33.9 Å². The Morgan fingerprint density at radius 1 is 1.15 bits per heavy atom. The highest BCUT2D eigenvalue weighted by Crippen LogP contribution is 2.33. The Bertz CT molecular complexity index is 1010. The number of benzene rings is 2. The molecule has 0 spiro atoms. The maximum atomic E-state index is 13.4. The number of hydrogen-bond donors (Lipinski definition) is 1. The van der Waals surface area contributed by atoms with Crippen LogP contribution in [0.3, 0.4) is 0 Å². The summed E-state index contributed by atoms with van der Waals surface area (Å²) in [4.78, 5) is 27.5. The highest BCUT2D eigenvalue weighted by Gasteiger charge is 2.34. The summed E-state index contributed by atoms with van der Waals surface area (Å²) in [5.74, 6) is 0.0373. The monoisotopic (exact) mass is 470 g/mol. The van der Waals surface area contributed by atoms with Gasteiger partial charge in [-0.3, -0.25) is 4.79 Å². The van der Waals surface area contributed by atoms with Crippen molar-refractivity contribution in [2.45, 2.75) is 32.4 Å². The molecule has 0 aromatic heterocycles. The Labute approximate surface area is 199 Å². The molecule has 0 aliphatic carbocycles. The molecule has 0 bridgehead atoms. The minimum atomic E-state index is -0.365. The van der Waals surface area contributed by atoms with Crippen molar-refractivity contribution in [1.82, 2.24) is 15.2 Å². The van der Waals surface area contributed by atoms with Gasteiger partial charge in [0.15, 0.2) is 0 Å². The number of amides is 3. The lowest BCUT2D eigenvalue weighted by molar-refractivity contribution is -0.133. The Morgan fingerprint density at radius 3 is 2.41 bits per heavy atom. The van der Waals surface area contributed by atoms with Gasteiger partial charge in [0.05, 0.1) is 25.5 Å². The first-order valence-electron chi connectivity index (χ1n) is 11.2. The summed E-state index contributed by atoms with van der Waals surface area (Å²) in [7, 11) is 3.13. The second-order valence-corrected chi connectivity index (χ2v) is 8.30. The van der Waals surface area contributed by atoms with E-state index in [1.54, 1.807) is 26.4 Å². The van der Waals surface area contributed by atoms with E-state index in [2.05, 4.69) is 10.4 Å². The van der Waals surface area contributed by atoms with Crippen LogP contribution < -0.4 is 10.1 Å². The lowest BCUT2D eigenvalue weighted by Crippen LogP contribution is -2.48. The molecule has 182 valence electrons. The van der Waals surface area contributed by atoms with Gasteiger partial charge in [0.25, 0.3) is 5.91 Å². The normalized spacial score (nSPS) is 15.3. The van der Waals surface area contributed by atoms with Crippen molar-refractivity contribution in [3.63, 3.8) is 0 Å². The molecule has 9 heteroatoms. The minimum absolute atomic E-state index is 0.0745. The Balaban J connectivity index is 1.88. The van der Waals surface area contributed by atoms with Crippen molar-refractivity contribution in [3.05, 3.63) is 65.5 Å². The average Bonchev–Trinajstić information content (AvgIpc) is 3.27. The van der Waals surface area contributed by atoms with Crippen molar-refractivity contribution in [3.8, 4) is 5.75 Å². The summed E-state index contributed by atoms with van der Waals surface area (Å²) in [6.45, 7) is 4.11. The first-order chi connectivity index (χ1) is 16.3. The summed E-state index contributed by atoms with van der Waals surface area (Å²) in [5.41, 5.74) is 2.29. The van der Waals surface area contributed by atoms with Gasteiger partial charge >= 0.3 is 6.03 Å². The number of methoxy groups -OCH3 is 2. The van der Waals surface area contributed by atoms with Crippen LogP contribution in [0.2, 0.25) is 0 Å². The maximum Gasteiger partial charge on any atom is 0.318 e. The lowest BCUT2D eigenvalue weighted by Gasteiger charge is -2.27. The van der Waals surface area contributed by atoms with E-state index in [1.807, 2.05) is 38.1 Å². The standard InChI is InChI=1S/C25H31FN4O4/c1-17(2)27-25(32)29(13-14-33-3)16-24(31)30-23(19-7-11-21(34-4)12-8-19)15-22(28-30)18-5-9-20(26)10-6-18/h5-12,17,23H,13-16H2,1-4H3,(H,27,32)/t23-/m1/s1. The molecule has 0 saturated heterocycles. The number of carbonyl (C=O) groups excluding carboxylic acids is 2. The molecule has 0 unspecified atom stereocenters. The first-order valence-corrected chi connectivity index (χ1v) is 11.2. The number of nitrogens with one attached hydrogen (secondary N) is 1. The summed E-state index contributed by atoms with van der Waals surface area (Å²) < 4.78 is 23.8. The third-order valence-corrected chi connectivity index (χ3v) is 5.43. The van der Waals surface area contributed by atoms with Crippen LogP contribution in [0.25, 0.3) is 0 Å². The van der Waals surface area contributed by atoms with Crippen molar-refractivity contribution in [1.29, 1.82) is 0 Å². The van der Waals surface area contributed by atoms with Gasteiger partial charge in [-0.15, -0.1) is 0 Å². The third-order valence-electron chi connectivity index (χ3n) is 5.43. The van der Waals surface area contributed by atoms with Crippen LogP contribution in [-0.4, -0.2) is 67.5 Å². The minimum Gasteiger partial charge on any atom is -0.497 e. The van der Waals surface area contributed by atoms with Gasteiger partial charge in [-0.25, -0.2) is 14.2 Å². The van der Waals surface area contributed by atoms with Crippen LogP contribution in [0.1, 0.15) is 37.4 Å². The zero-order valence-corrected chi connectivity index (χ0v) is 20.0. The van der Waals surface area contributed by atoms with E-state index in [0.29, 0.717) is 24.5 Å². The van der Waals surface area contributed by atoms with Gasteiger partial charge in [-0.2, -0.15) is 5.10 Å². The first kappa shape index (κ1) is 25.2. The zero-order chi connectivity index (χ0) is 24.7. The largest absolute Gasteiger partial charge is 0.497 e. The van der Waals surface area contributed by atoms with Crippen molar-refractivity contribution < 1.29 is 23.5 Å². The SMILES string of the molecule is COCCN(CC(=O)N1N=C(c2ccc(F)cc2)C[C@@H]1c1ccc(OC)cc1)C(=O)NC(C)C. The molecule has 3 amide bonds. The molecule has 34 heavy (non-hydrogen) atoms. The van der Waals surface area contributed by atoms with Crippen LogP contribution in [0.4, 0.5) is 9.18 Å². The number of hydrazone groups is 1. The fraction of sp³-hybridized carbons (Fsp3) is 0.400. The third kappa shape index (κ3) is 6.32. The van der Waals surface area contributed by atoms with Gasteiger partial charge in [-0.05, 0) is 49.2 Å². The van der Waals surface area contributed by atoms with Crippen molar-refractivity contribution >= 4 is 17.6 Å². The summed E-state index contributed by atoms with van der Waals surface area (Å²) in [6, 6.07) is 12.7. The quantitative estimate of drug-likeness (QED) is 0.607. The number of rotatable bonds is 9. The molecule has 1 N–H and O–H groups in total. The van der Waals surface area contributed by atoms with E-state index in [4.69, 9.17) is 9.47 Å². The van der Waals surface area contributed by atoms with E-state index < -0.39 is 0 Å². The molecule has 1 aliphatic heterocycles. The Morgan fingerprint density at radius 2 is 1.82 bits per heavy atom. The molecule has 2 aromatic carbocycles. The molecular formula is C25H31FN4O4. The smallest absolute Gasteiger partial charge is 0.318 e. The highest BCUT2D eigenvalue weighted by molar-refractivity contribution is 6.03. The molecule has 0 radical (unpaired) electrons. The van der Waals surface area contributed by atoms with Gasteiger partial charge in [0.2, 0.25) is 0 Å². The van der Waals surface area contributed by atoms with E-state index in [1.165, 1.54) is 22.0 Å². The Kier molecular flexibility index (Phi) is 8.59. The average molecular weight is 471 g/mol. The predicted octanol–water partition coefficient (Wildman–Crippen LogP) is 3.58. The van der Waals surface area contributed by atoms with E-state index >= 15 is 0 Å². The number of halogens is 1. The van der Waals surface area contributed by atoms with Crippen LogP contribution in [0.15, 0.2) is 53.6 Å². The second-order valence-electron chi connectivity index (χ2n) is 8.30. The summed E-state index contributed by atoms with van der Waals surface area (Å²) >= 11 is 0. The number of hydrogen-bond acceptors (Lipinski definition) is 5. The predicted molar refractivity (Wildman–Crippen MR) is 127 cm³/mol. The fourth-order valence-corrected chi connectivity index (χ4v) is 3.67. The van der Waals surface area contributed by atoms with Crippen LogP contribution >= 0.6 is 0 Å².